The van der Waals surface area contributed by atoms with E-state index >= 15 is 0 Å². The number of amides is 1. The fourth-order valence-electron chi connectivity index (χ4n) is 3.32. The monoisotopic (exact) mass is 290 g/mol. The average Bonchev–Trinajstić information content (AvgIpc) is 2.37. The maximum absolute atomic E-state index is 12.6. The lowest BCUT2D eigenvalue weighted by Crippen LogP contribution is -2.55. The van der Waals surface area contributed by atoms with Gasteiger partial charge in [-0.2, -0.15) is 0 Å². The Bertz CT molecular complexity index is 310. The first-order chi connectivity index (χ1) is 8.54. The summed E-state index contributed by atoms with van der Waals surface area (Å²) in [4.78, 5) is 14.6. The lowest BCUT2D eigenvalue weighted by Gasteiger charge is -2.42. The van der Waals surface area contributed by atoms with Crippen molar-refractivity contribution in [3.05, 3.63) is 0 Å². The molecular weight excluding hydrogens is 264 g/mol. The average molecular weight is 291 g/mol. The van der Waals surface area contributed by atoms with Crippen LogP contribution in [0.4, 0.5) is 0 Å². The molecule has 19 heavy (non-hydrogen) atoms. The molecule has 1 aliphatic heterocycles. The van der Waals surface area contributed by atoms with Crippen LogP contribution in [-0.2, 0) is 9.53 Å². The Balaban J connectivity index is 0.00000180. The van der Waals surface area contributed by atoms with Crippen LogP contribution in [0.25, 0.3) is 0 Å². The maximum atomic E-state index is 12.6. The van der Waals surface area contributed by atoms with Crippen molar-refractivity contribution in [1.29, 1.82) is 0 Å². The number of piperidine rings is 1. The van der Waals surface area contributed by atoms with E-state index in [0.29, 0.717) is 0 Å². The molecule has 1 aliphatic carbocycles. The molecule has 4 nitrogen and oxygen atoms in total. The standard InChI is InChI=1S/C14H26N2O2.ClH/c1-14(15)8-4-3-7-12(14)13(17)16-9-5-6-11(10-16)18-2;/h11-12H,3-10,15H2,1-2H3;1H. The zero-order chi connectivity index (χ0) is 13.2. The smallest absolute Gasteiger partial charge is 0.227 e. The summed E-state index contributed by atoms with van der Waals surface area (Å²) >= 11 is 0. The van der Waals surface area contributed by atoms with Crippen LogP contribution in [0.3, 0.4) is 0 Å². The first kappa shape index (κ1) is 16.7. The van der Waals surface area contributed by atoms with Crippen LogP contribution < -0.4 is 5.73 Å². The summed E-state index contributed by atoms with van der Waals surface area (Å²) < 4.78 is 5.39. The number of ether oxygens (including phenoxy) is 1. The first-order valence-corrected chi connectivity index (χ1v) is 7.15. The number of hydrogen-bond donors (Lipinski definition) is 1. The number of carbonyl (C=O) groups is 1. The van der Waals surface area contributed by atoms with Gasteiger partial charge in [-0.15, -0.1) is 12.4 Å². The van der Waals surface area contributed by atoms with E-state index in [-0.39, 0.29) is 35.9 Å². The molecule has 3 atom stereocenters. The molecule has 1 amide bonds. The van der Waals surface area contributed by atoms with Crippen molar-refractivity contribution in [2.75, 3.05) is 20.2 Å². The third-order valence-corrected chi connectivity index (χ3v) is 4.58. The van der Waals surface area contributed by atoms with Gasteiger partial charge in [-0.3, -0.25) is 4.79 Å². The fourth-order valence-corrected chi connectivity index (χ4v) is 3.32. The SMILES string of the molecule is COC1CCCN(C(=O)C2CCCCC2(C)N)C1.Cl. The highest BCUT2D eigenvalue weighted by Gasteiger charge is 2.40. The van der Waals surface area contributed by atoms with Gasteiger partial charge in [0.05, 0.1) is 12.0 Å². The number of halogens is 1. The number of rotatable bonds is 2. The number of hydrogen-bond acceptors (Lipinski definition) is 3. The molecule has 2 fully saturated rings. The Hall–Kier alpha value is -0.320. The molecule has 5 heteroatoms. The van der Waals surface area contributed by atoms with E-state index in [1.807, 2.05) is 11.8 Å². The van der Waals surface area contributed by atoms with E-state index in [4.69, 9.17) is 10.5 Å². The molecule has 0 spiro atoms. The van der Waals surface area contributed by atoms with Crippen molar-refractivity contribution in [2.45, 2.75) is 57.1 Å². The van der Waals surface area contributed by atoms with Gasteiger partial charge in [-0.05, 0) is 32.6 Å². The highest BCUT2D eigenvalue weighted by molar-refractivity contribution is 5.85. The predicted molar refractivity (Wildman–Crippen MR) is 78.4 cm³/mol. The quantitative estimate of drug-likeness (QED) is 0.846. The summed E-state index contributed by atoms with van der Waals surface area (Å²) in [6, 6.07) is 0. The molecule has 0 aromatic heterocycles. The summed E-state index contributed by atoms with van der Waals surface area (Å²) in [5.41, 5.74) is 5.99. The van der Waals surface area contributed by atoms with Crippen LogP contribution in [-0.4, -0.2) is 42.6 Å². The van der Waals surface area contributed by atoms with Crippen LogP contribution in [0.2, 0.25) is 0 Å². The number of nitrogens with zero attached hydrogens (tertiary/aromatic N) is 1. The second-order valence-corrected chi connectivity index (χ2v) is 6.09. The second-order valence-electron chi connectivity index (χ2n) is 6.09. The molecule has 3 unspecified atom stereocenters. The zero-order valence-corrected chi connectivity index (χ0v) is 12.9. The van der Waals surface area contributed by atoms with Crippen molar-refractivity contribution in [2.24, 2.45) is 11.7 Å². The van der Waals surface area contributed by atoms with E-state index < -0.39 is 0 Å². The van der Waals surface area contributed by atoms with Crippen molar-refractivity contribution < 1.29 is 9.53 Å². The Labute approximate surface area is 122 Å². The van der Waals surface area contributed by atoms with Gasteiger partial charge in [0.1, 0.15) is 0 Å². The highest BCUT2D eigenvalue weighted by Crippen LogP contribution is 2.33. The van der Waals surface area contributed by atoms with Crippen LogP contribution >= 0.6 is 12.4 Å². The van der Waals surface area contributed by atoms with Gasteiger partial charge in [-0.25, -0.2) is 0 Å². The summed E-state index contributed by atoms with van der Waals surface area (Å²) in [6.45, 7) is 3.64. The summed E-state index contributed by atoms with van der Waals surface area (Å²) in [5, 5.41) is 0. The van der Waals surface area contributed by atoms with Gasteiger partial charge in [0.25, 0.3) is 0 Å². The van der Waals surface area contributed by atoms with Crippen molar-refractivity contribution in [3.63, 3.8) is 0 Å². The van der Waals surface area contributed by atoms with E-state index in [9.17, 15) is 4.79 Å². The molecule has 0 aromatic carbocycles. The predicted octanol–water partition coefficient (Wildman–Crippen LogP) is 1.95. The number of nitrogens with two attached hydrogens (primary N) is 1. The number of methoxy groups -OCH3 is 1. The Morgan fingerprint density at radius 2 is 2.05 bits per heavy atom. The van der Waals surface area contributed by atoms with Gasteiger partial charge in [0, 0.05) is 25.7 Å². The van der Waals surface area contributed by atoms with Crippen molar-refractivity contribution >= 4 is 18.3 Å². The topological polar surface area (TPSA) is 55.6 Å². The molecule has 2 N–H and O–H groups in total. The molecule has 0 bridgehead atoms. The fraction of sp³-hybridized carbons (Fsp3) is 0.929. The second kappa shape index (κ2) is 6.91. The van der Waals surface area contributed by atoms with Gasteiger partial charge in [0.2, 0.25) is 5.91 Å². The molecule has 1 heterocycles. The molecular formula is C14H27ClN2O2. The normalized spacial score (nSPS) is 35.6. The highest BCUT2D eigenvalue weighted by atomic mass is 35.5. The van der Waals surface area contributed by atoms with Gasteiger partial charge in [0.15, 0.2) is 0 Å². The minimum absolute atomic E-state index is 0. The number of carbonyl (C=O) groups excluding carboxylic acids is 1. The van der Waals surface area contributed by atoms with Crippen molar-refractivity contribution in [1.82, 2.24) is 4.90 Å². The molecule has 2 rings (SSSR count). The first-order valence-electron chi connectivity index (χ1n) is 7.15. The third kappa shape index (κ3) is 3.83. The Morgan fingerprint density at radius 3 is 2.68 bits per heavy atom. The lowest BCUT2D eigenvalue weighted by molar-refractivity contribution is -0.142. The molecule has 112 valence electrons. The summed E-state index contributed by atoms with van der Waals surface area (Å²) in [6.07, 6.45) is 6.49. The van der Waals surface area contributed by atoms with Crippen LogP contribution in [0.1, 0.15) is 45.4 Å². The lowest BCUT2D eigenvalue weighted by atomic mass is 9.74. The van der Waals surface area contributed by atoms with Gasteiger partial charge in [-0.1, -0.05) is 12.8 Å². The maximum Gasteiger partial charge on any atom is 0.227 e. The van der Waals surface area contributed by atoms with Crippen LogP contribution in [0, 0.1) is 5.92 Å². The van der Waals surface area contributed by atoms with Gasteiger partial charge >= 0.3 is 0 Å². The minimum atomic E-state index is -0.324. The molecule has 1 saturated carbocycles. The number of likely N-dealkylation sites (tertiary alicyclic amines) is 1. The molecule has 0 radical (unpaired) electrons. The molecule has 0 aromatic rings. The Kier molecular flexibility index (Phi) is 6.09. The zero-order valence-electron chi connectivity index (χ0n) is 12.1. The third-order valence-electron chi connectivity index (χ3n) is 4.58. The molecule has 2 aliphatic rings. The van der Waals surface area contributed by atoms with Crippen LogP contribution in [0.15, 0.2) is 0 Å². The van der Waals surface area contributed by atoms with E-state index in [1.54, 1.807) is 7.11 Å². The Morgan fingerprint density at radius 1 is 1.32 bits per heavy atom. The minimum Gasteiger partial charge on any atom is -0.380 e. The van der Waals surface area contributed by atoms with Gasteiger partial charge < -0.3 is 15.4 Å². The molecule has 1 saturated heterocycles. The summed E-state index contributed by atoms with van der Waals surface area (Å²) in [5.74, 6) is 0.253. The van der Waals surface area contributed by atoms with Crippen molar-refractivity contribution in [3.8, 4) is 0 Å². The van der Waals surface area contributed by atoms with E-state index in [2.05, 4.69) is 0 Å². The van der Waals surface area contributed by atoms with Crippen LogP contribution in [0.5, 0.6) is 0 Å². The van der Waals surface area contributed by atoms with E-state index in [1.165, 1.54) is 0 Å². The largest absolute Gasteiger partial charge is 0.380 e. The summed E-state index contributed by atoms with van der Waals surface area (Å²) in [7, 11) is 1.73. The van der Waals surface area contributed by atoms with E-state index in [0.717, 1.165) is 51.6 Å².